The molecule has 5 heteroatoms. The summed E-state index contributed by atoms with van der Waals surface area (Å²) in [5.74, 6) is 0.714. The molecule has 0 spiro atoms. The van der Waals surface area contributed by atoms with Gasteiger partial charge in [-0.2, -0.15) is 0 Å². The molecule has 0 amide bonds. The number of methoxy groups -OCH3 is 1. The maximum absolute atomic E-state index is 11.1. The lowest BCUT2D eigenvalue weighted by atomic mass is 9.99. The van der Waals surface area contributed by atoms with Crippen LogP contribution in [-0.4, -0.2) is 36.3 Å². The average molecular weight is 347 g/mol. The standard InChI is InChI=1S/C21H21N3O2/c1-24(2)19-9-8-14(26-3)11-17(19)20(25)13-10-16-15-6-4-5-7-18(15)23-21(16)22-12-13/h4-12,20,25H,1-3H3,(H,22,23). The van der Waals surface area contributed by atoms with Gasteiger partial charge in [-0.25, -0.2) is 4.98 Å². The molecule has 0 aliphatic carbocycles. The normalized spacial score (nSPS) is 12.5. The van der Waals surface area contributed by atoms with Crippen molar-refractivity contribution in [1.29, 1.82) is 0 Å². The Hall–Kier alpha value is -3.05. The van der Waals surface area contributed by atoms with Crippen molar-refractivity contribution in [3.05, 3.63) is 65.9 Å². The van der Waals surface area contributed by atoms with Crippen LogP contribution < -0.4 is 9.64 Å². The van der Waals surface area contributed by atoms with Crippen LogP contribution in [0.25, 0.3) is 21.9 Å². The van der Waals surface area contributed by atoms with E-state index in [4.69, 9.17) is 4.74 Å². The number of para-hydroxylation sites is 1. The number of anilines is 1. The topological polar surface area (TPSA) is 61.4 Å². The van der Waals surface area contributed by atoms with Crippen LogP contribution in [0.4, 0.5) is 5.69 Å². The van der Waals surface area contributed by atoms with E-state index in [1.54, 1.807) is 13.3 Å². The highest BCUT2D eigenvalue weighted by Gasteiger charge is 2.18. The zero-order valence-electron chi connectivity index (χ0n) is 15.0. The number of hydrogen-bond acceptors (Lipinski definition) is 4. The van der Waals surface area contributed by atoms with Crippen LogP contribution in [0, 0.1) is 0 Å². The van der Waals surface area contributed by atoms with Crippen molar-refractivity contribution in [3.63, 3.8) is 0 Å². The fraction of sp³-hybridized carbons (Fsp3) is 0.190. The van der Waals surface area contributed by atoms with Crippen LogP contribution >= 0.6 is 0 Å². The molecule has 0 aliphatic heterocycles. The van der Waals surface area contributed by atoms with E-state index in [0.29, 0.717) is 5.75 Å². The Morgan fingerprint density at radius 2 is 1.88 bits per heavy atom. The molecular weight excluding hydrogens is 326 g/mol. The highest BCUT2D eigenvalue weighted by Crippen LogP contribution is 2.34. The second-order valence-corrected chi connectivity index (χ2v) is 6.56. The van der Waals surface area contributed by atoms with Gasteiger partial charge in [0.2, 0.25) is 0 Å². The molecule has 0 aliphatic rings. The summed E-state index contributed by atoms with van der Waals surface area (Å²) in [7, 11) is 5.54. The Labute approximate surface area is 151 Å². The number of aromatic nitrogens is 2. The molecule has 4 rings (SSSR count). The molecule has 2 aromatic carbocycles. The molecule has 0 saturated heterocycles. The molecular formula is C21H21N3O2. The van der Waals surface area contributed by atoms with Gasteiger partial charge in [0.05, 0.1) is 7.11 Å². The molecule has 1 atom stereocenters. The fourth-order valence-electron chi connectivity index (χ4n) is 3.36. The first-order chi connectivity index (χ1) is 12.6. The van der Waals surface area contributed by atoms with Gasteiger partial charge < -0.3 is 19.7 Å². The molecule has 0 fully saturated rings. The smallest absolute Gasteiger partial charge is 0.138 e. The molecule has 26 heavy (non-hydrogen) atoms. The van der Waals surface area contributed by atoms with Crippen LogP contribution in [0.15, 0.2) is 54.7 Å². The molecule has 2 N–H and O–H groups in total. The van der Waals surface area contributed by atoms with Gasteiger partial charge in [0.15, 0.2) is 0 Å². The monoisotopic (exact) mass is 347 g/mol. The summed E-state index contributed by atoms with van der Waals surface area (Å²) >= 11 is 0. The number of pyridine rings is 1. The lowest BCUT2D eigenvalue weighted by Gasteiger charge is -2.22. The fourth-order valence-corrected chi connectivity index (χ4v) is 3.36. The first kappa shape index (κ1) is 16.4. The molecule has 0 bridgehead atoms. The van der Waals surface area contributed by atoms with Crippen LogP contribution in [0.3, 0.4) is 0 Å². The lowest BCUT2D eigenvalue weighted by Crippen LogP contribution is -2.14. The van der Waals surface area contributed by atoms with Crippen molar-refractivity contribution in [2.45, 2.75) is 6.10 Å². The van der Waals surface area contributed by atoms with E-state index in [1.807, 2.05) is 61.5 Å². The number of ether oxygens (including phenoxy) is 1. The van der Waals surface area contributed by atoms with Crippen LogP contribution in [0.1, 0.15) is 17.2 Å². The van der Waals surface area contributed by atoms with E-state index in [-0.39, 0.29) is 0 Å². The van der Waals surface area contributed by atoms with E-state index in [0.717, 1.165) is 38.8 Å². The zero-order chi connectivity index (χ0) is 18.3. The minimum atomic E-state index is -0.798. The third-order valence-corrected chi connectivity index (χ3v) is 4.71. The zero-order valence-corrected chi connectivity index (χ0v) is 15.0. The Morgan fingerprint density at radius 1 is 1.08 bits per heavy atom. The van der Waals surface area contributed by atoms with E-state index in [2.05, 4.69) is 16.0 Å². The summed E-state index contributed by atoms with van der Waals surface area (Å²) in [5.41, 5.74) is 4.34. The summed E-state index contributed by atoms with van der Waals surface area (Å²) in [5, 5.41) is 13.2. The summed E-state index contributed by atoms with van der Waals surface area (Å²) in [6.45, 7) is 0. The number of aliphatic hydroxyl groups is 1. The second-order valence-electron chi connectivity index (χ2n) is 6.56. The maximum atomic E-state index is 11.1. The Kier molecular flexibility index (Phi) is 4.01. The molecule has 0 saturated carbocycles. The lowest BCUT2D eigenvalue weighted by molar-refractivity contribution is 0.220. The van der Waals surface area contributed by atoms with Crippen molar-refractivity contribution >= 4 is 27.6 Å². The van der Waals surface area contributed by atoms with E-state index in [9.17, 15) is 5.11 Å². The van der Waals surface area contributed by atoms with E-state index < -0.39 is 6.10 Å². The molecule has 1 unspecified atom stereocenters. The van der Waals surface area contributed by atoms with Gasteiger partial charge in [-0.1, -0.05) is 18.2 Å². The van der Waals surface area contributed by atoms with Gasteiger partial charge >= 0.3 is 0 Å². The third kappa shape index (κ3) is 2.66. The third-order valence-electron chi connectivity index (χ3n) is 4.71. The number of aromatic amines is 1. The number of hydrogen-bond donors (Lipinski definition) is 2. The van der Waals surface area contributed by atoms with Crippen LogP contribution in [-0.2, 0) is 0 Å². The van der Waals surface area contributed by atoms with Gasteiger partial charge in [0, 0.05) is 53.4 Å². The minimum absolute atomic E-state index is 0.714. The molecule has 132 valence electrons. The number of benzene rings is 2. The largest absolute Gasteiger partial charge is 0.497 e. The number of rotatable bonds is 4. The van der Waals surface area contributed by atoms with Gasteiger partial charge in [-0.15, -0.1) is 0 Å². The minimum Gasteiger partial charge on any atom is -0.497 e. The Balaban J connectivity index is 1.86. The summed E-state index contributed by atoms with van der Waals surface area (Å²) in [6, 6.07) is 15.8. The van der Waals surface area contributed by atoms with Crippen molar-refractivity contribution in [1.82, 2.24) is 9.97 Å². The maximum Gasteiger partial charge on any atom is 0.138 e. The number of nitrogens with zero attached hydrogens (tertiary/aromatic N) is 2. The van der Waals surface area contributed by atoms with Gasteiger partial charge in [0.1, 0.15) is 17.5 Å². The molecule has 0 radical (unpaired) electrons. The van der Waals surface area contributed by atoms with Gasteiger partial charge in [-0.3, -0.25) is 0 Å². The number of aliphatic hydroxyl groups excluding tert-OH is 1. The van der Waals surface area contributed by atoms with Crippen LogP contribution in [0.5, 0.6) is 5.75 Å². The number of fused-ring (bicyclic) bond motifs is 3. The highest BCUT2D eigenvalue weighted by atomic mass is 16.5. The van der Waals surface area contributed by atoms with Crippen molar-refractivity contribution in [3.8, 4) is 5.75 Å². The Bertz CT molecular complexity index is 1090. The van der Waals surface area contributed by atoms with Gasteiger partial charge in [0.25, 0.3) is 0 Å². The van der Waals surface area contributed by atoms with Crippen LogP contribution in [0.2, 0.25) is 0 Å². The number of H-pyrrole nitrogens is 1. The first-order valence-corrected chi connectivity index (χ1v) is 8.48. The van der Waals surface area contributed by atoms with Crippen molar-refractivity contribution in [2.75, 3.05) is 26.1 Å². The number of nitrogens with one attached hydrogen (secondary N) is 1. The first-order valence-electron chi connectivity index (χ1n) is 8.48. The van der Waals surface area contributed by atoms with E-state index in [1.165, 1.54) is 0 Å². The van der Waals surface area contributed by atoms with Gasteiger partial charge in [-0.05, 0) is 30.3 Å². The molecule has 2 aromatic heterocycles. The SMILES string of the molecule is COc1ccc(N(C)C)c(C(O)c2cnc3[nH]c4ccccc4c3c2)c1. The highest BCUT2D eigenvalue weighted by molar-refractivity contribution is 6.05. The molecule has 4 aromatic rings. The average Bonchev–Trinajstić information content (AvgIpc) is 3.04. The second kappa shape index (κ2) is 6.35. The Morgan fingerprint density at radius 3 is 2.65 bits per heavy atom. The van der Waals surface area contributed by atoms with Crippen molar-refractivity contribution in [2.24, 2.45) is 0 Å². The molecule has 5 nitrogen and oxygen atoms in total. The summed E-state index contributed by atoms with van der Waals surface area (Å²) in [4.78, 5) is 9.81. The predicted octanol–water partition coefficient (Wildman–Crippen LogP) is 3.87. The molecule has 2 heterocycles. The predicted molar refractivity (Wildman–Crippen MR) is 105 cm³/mol. The summed E-state index contributed by atoms with van der Waals surface area (Å²) < 4.78 is 5.34. The van der Waals surface area contributed by atoms with E-state index >= 15 is 0 Å². The quantitative estimate of drug-likeness (QED) is 0.588. The summed E-state index contributed by atoms with van der Waals surface area (Å²) in [6.07, 6.45) is 0.925. The van der Waals surface area contributed by atoms with Crippen molar-refractivity contribution < 1.29 is 9.84 Å².